The molecule has 0 N–H and O–H groups in total. The fourth-order valence-electron chi connectivity index (χ4n) is 2.33. The minimum Gasteiger partial charge on any atom is -0.494 e. The van der Waals surface area contributed by atoms with Crippen LogP contribution in [-0.4, -0.2) is 37.5 Å². The van der Waals surface area contributed by atoms with Crippen LogP contribution in [0.25, 0.3) is 17.3 Å². The number of rotatable bonds is 6. The molecule has 0 amide bonds. The molecule has 0 fully saturated rings. The van der Waals surface area contributed by atoms with E-state index in [0.29, 0.717) is 34.1 Å². The van der Waals surface area contributed by atoms with Crippen molar-refractivity contribution in [3.05, 3.63) is 48.0 Å². The lowest BCUT2D eigenvalue weighted by Gasteiger charge is -2.09. The Morgan fingerprint density at radius 1 is 1.27 bits per heavy atom. The summed E-state index contributed by atoms with van der Waals surface area (Å²) in [7, 11) is 1.61. The quantitative estimate of drug-likeness (QED) is 0.474. The highest BCUT2D eigenvalue weighted by Gasteiger charge is 2.16. The number of nitrogens with zero attached hydrogens (tertiary/aromatic N) is 6. The van der Waals surface area contributed by atoms with Crippen molar-refractivity contribution < 1.29 is 13.7 Å². The summed E-state index contributed by atoms with van der Waals surface area (Å²) < 4.78 is 17.5. The molecule has 26 heavy (non-hydrogen) atoms. The van der Waals surface area contributed by atoms with Crippen LogP contribution in [0.4, 0.5) is 0 Å². The molecule has 9 nitrogen and oxygen atoms in total. The first-order chi connectivity index (χ1) is 12.7. The van der Waals surface area contributed by atoms with Crippen molar-refractivity contribution in [3.63, 3.8) is 0 Å². The Morgan fingerprint density at radius 3 is 3.00 bits per heavy atom. The van der Waals surface area contributed by atoms with Crippen molar-refractivity contribution >= 4 is 11.8 Å². The topological polar surface area (TPSA) is 105 Å². The number of furan rings is 1. The Balaban J connectivity index is 1.54. The van der Waals surface area contributed by atoms with Gasteiger partial charge in [0.15, 0.2) is 5.76 Å². The number of tetrazole rings is 1. The van der Waals surface area contributed by atoms with E-state index in [1.165, 1.54) is 11.8 Å². The minimum atomic E-state index is 0.408. The number of hydrogen-bond acceptors (Lipinski definition) is 9. The average Bonchev–Trinajstić information content (AvgIpc) is 3.40. The molecule has 3 heterocycles. The second kappa shape index (κ2) is 7.00. The van der Waals surface area contributed by atoms with Crippen LogP contribution < -0.4 is 4.74 Å². The van der Waals surface area contributed by atoms with Gasteiger partial charge in [-0.25, -0.2) is 0 Å². The maximum Gasteiger partial charge on any atom is 0.238 e. The van der Waals surface area contributed by atoms with Crippen molar-refractivity contribution in [2.24, 2.45) is 0 Å². The third-order valence-electron chi connectivity index (χ3n) is 3.54. The van der Waals surface area contributed by atoms with Crippen molar-refractivity contribution in [1.29, 1.82) is 0 Å². The maximum atomic E-state index is 5.41. The summed E-state index contributed by atoms with van der Waals surface area (Å²) in [5, 5.41) is 16.4. The molecule has 0 unspecified atom stereocenters. The highest BCUT2D eigenvalue weighted by molar-refractivity contribution is 7.98. The van der Waals surface area contributed by atoms with Crippen LogP contribution in [0.2, 0.25) is 0 Å². The summed E-state index contributed by atoms with van der Waals surface area (Å²) in [6, 6.07) is 9.35. The van der Waals surface area contributed by atoms with E-state index < -0.39 is 0 Å². The van der Waals surface area contributed by atoms with E-state index in [1.807, 2.05) is 25.1 Å². The molecule has 0 spiro atoms. The highest BCUT2D eigenvalue weighted by Crippen LogP contribution is 2.28. The maximum absolute atomic E-state index is 5.41. The van der Waals surface area contributed by atoms with Crippen LogP contribution in [0.15, 0.2) is 50.7 Å². The van der Waals surface area contributed by atoms with E-state index >= 15 is 0 Å². The highest BCUT2D eigenvalue weighted by atomic mass is 32.2. The van der Waals surface area contributed by atoms with Gasteiger partial charge in [-0.3, -0.25) is 0 Å². The van der Waals surface area contributed by atoms with E-state index in [4.69, 9.17) is 13.7 Å². The van der Waals surface area contributed by atoms with Crippen LogP contribution in [-0.2, 0) is 5.75 Å². The van der Waals surface area contributed by atoms with Crippen LogP contribution in [0.5, 0.6) is 5.75 Å². The number of benzene rings is 1. The van der Waals surface area contributed by atoms with Gasteiger partial charge in [-0.1, -0.05) is 23.0 Å². The standard InChI is InChI=1S/C16H14N6O3S/c1-10-5-6-12(23-2)11(8-10)22-16(18-20-21-22)26-9-14-17-15(19-25-14)13-4-3-7-24-13/h3-8H,9H2,1-2H3. The molecule has 0 aliphatic heterocycles. The Bertz CT molecular complexity index is 1010. The summed E-state index contributed by atoms with van der Waals surface area (Å²) in [6.07, 6.45) is 1.56. The van der Waals surface area contributed by atoms with E-state index in [0.717, 1.165) is 11.3 Å². The second-order valence-corrected chi connectivity index (χ2v) is 6.27. The van der Waals surface area contributed by atoms with Gasteiger partial charge in [0, 0.05) is 0 Å². The number of hydrogen-bond donors (Lipinski definition) is 0. The van der Waals surface area contributed by atoms with E-state index in [1.54, 1.807) is 30.2 Å². The molecule has 0 aliphatic rings. The van der Waals surface area contributed by atoms with Crippen molar-refractivity contribution in [1.82, 2.24) is 30.3 Å². The van der Waals surface area contributed by atoms with Crippen LogP contribution in [0.3, 0.4) is 0 Å². The van der Waals surface area contributed by atoms with Gasteiger partial charge in [-0.05, 0) is 47.2 Å². The third kappa shape index (κ3) is 3.18. The first kappa shape index (κ1) is 16.3. The molecule has 4 rings (SSSR count). The van der Waals surface area contributed by atoms with Gasteiger partial charge in [-0.15, -0.1) is 5.10 Å². The molecular weight excluding hydrogens is 356 g/mol. The van der Waals surface area contributed by atoms with Gasteiger partial charge < -0.3 is 13.7 Å². The summed E-state index contributed by atoms with van der Waals surface area (Å²) >= 11 is 1.38. The smallest absolute Gasteiger partial charge is 0.238 e. The molecule has 3 aromatic heterocycles. The Hall–Kier alpha value is -3.14. The van der Waals surface area contributed by atoms with Gasteiger partial charge >= 0.3 is 0 Å². The van der Waals surface area contributed by atoms with E-state index in [2.05, 4.69) is 25.7 Å². The van der Waals surface area contributed by atoms with Gasteiger partial charge in [0.2, 0.25) is 16.9 Å². The number of methoxy groups -OCH3 is 1. The summed E-state index contributed by atoms with van der Waals surface area (Å²) in [5.41, 5.74) is 1.84. The molecule has 10 heteroatoms. The lowest BCUT2D eigenvalue weighted by molar-refractivity contribution is 0.390. The normalized spacial score (nSPS) is 11.0. The average molecular weight is 370 g/mol. The first-order valence-electron chi connectivity index (χ1n) is 7.67. The molecule has 0 aliphatic carbocycles. The molecular formula is C16H14N6O3S. The van der Waals surface area contributed by atoms with Crippen LogP contribution in [0, 0.1) is 6.92 Å². The minimum absolute atomic E-state index is 0.408. The predicted octanol–water partition coefficient (Wildman–Crippen LogP) is 2.91. The lowest BCUT2D eigenvalue weighted by Crippen LogP contribution is -2.02. The Kier molecular flexibility index (Phi) is 4.40. The SMILES string of the molecule is COc1ccc(C)cc1-n1nnnc1SCc1nc(-c2ccco2)no1. The fraction of sp³-hybridized carbons (Fsp3) is 0.188. The number of aryl methyl sites for hydroxylation is 1. The van der Waals surface area contributed by atoms with Crippen LogP contribution >= 0.6 is 11.8 Å². The number of aromatic nitrogens is 6. The first-order valence-corrected chi connectivity index (χ1v) is 8.66. The van der Waals surface area contributed by atoms with Crippen LogP contribution in [0.1, 0.15) is 11.5 Å². The fourth-order valence-corrected chi connectivity index (χ4v) is 3.05. The lowest BCUT2D eigenvalue weighted by atomic mass is 10.2. The molecule has 1 aromatic carbocycles. The largest absolute Gasteiger partial charge is 0.494 e. The molecule has 132 valence electrons. The predicted molar refractivity (Wildman–Crippen MR) is 92.0 cm³/mol. The molecule has 0 radical (unpaired) electrons. The van der Waals surface area contributed by atoms with Crippen molar-refractivity contribution in [2.75, 3.05) is 7.11 Å². The zero-order valence-electron chi connectivity index (χ0n) is 14.0. The summed E-state index contributed by atoms with van der Waals surface area (Å²) in [4.78, 5) is 4.31. The number of thioether (sulfide) groups is 1. The van der Waals surface area contributed by atoms with Crippen molar-refractivity contribution in [2.45, 2.75) is 17.8 Å². The molecule has 0 atom stereocenters. The Morgan fingerprint density at radius 2 is 2.19 bits per heavy atom. The van der Waals surface area contributed by atoms with Gasteiger partial charge in [-0.2, -0.15) is 9.67 Å². The molecule has 4 aromatic rings. The zero-order chi connectivity index (χ0) is 17.9. The molecule has 0 bridgehead atoms. The van der Waals surface area contributed by atoms with Gasteiger partial charge in [0.1, 0.15) is 11.4 Å². The van der Waals surface area contributed by atoms with E-state index in [-0.39, 0.29) is 0 Å². The molecule has 0 saturated carbocycles. The summed E-state index contributed by atoms with van der Waals surface area (Å²) in [5.74, 6) is 2.52. The summed E-state index contributed by atoms with van der Waals surface area (Å²) in [6.45, 7) is 1.99. The monoisotopic (exact) mass is 370 g/mol. The zero-order valence-corrected chi connectivity index (χ0v) is 14.8. The van der Waals surface area contributed by atoms with Gasteiger partial charge in [0.25, 0.3) is 0 Å². The van der Waals surface area contributed by atoms with Gasteiger partial charge in [0.05, 0.1) is 19.1 Å². The molecule has 0 saturated heterocycles. The van der Waals surface area contributed by atoms with Crippen molar-refractivity contribution in [3.8, 4) is 23.0 Å². The Labute approximate surface area is 152 Å². The third-order valence-corrected chi connectivity index (χ3v) is 4.44. The second-order valence-electron chi connectivity index (χ2n) is 5.33. The van der Waals surface area contributed by atoms with E-state index in [9.17, 15) is 0 Å². The number of ether oxygens (including phenoxy) is 1.